The SMILES string of the molecule is CC(=O)OC[C@H]1O[C@H]2/C(=C/c3ccccc3)O[C@@H]1[C@H](OCc1ccccc1)[C@H]2OCc1ccccc1. The minimum atomic E-state index is -0.514. The molecule has 0 aromatic heterocycles. The van der Waals surface area contributed by atoms with Crippen molar-refractivity contribution >= 4 is 12.0 Å². The van der Waals surface area contributed by atoms with Crippen molar-refractivity contribution < 1.29 is 28.5 Å². The number of carbonyl (C=O) groups is 1. The van der Waals surface area contributed by atoms with E-state index in [1.54, 1.807) is 0 Å². The van der Waals surface area contributed by atoms with Gasteiger partial charge in [-0.1, -0.05) is 91.0 Å². The zero-order valence-electron chi connectivity index (χ0n) is 20.2. The van der Waals surface area contributed by atoms with Crippen LogP contribution in [0, 0.1) is 0 Å². The Hall–Kier alpha value is -3.45. The first-order chi connectivity index (χ1) is 17.7. The molecule has 0 unspecified atom stereocenters. The van der Waals surface area contributed by atoms with E-state index < -0.39 is 30.5 Å². The first kappa shape index (κ1) is 24.3. The Labute approximate surface area is 211 Å². The normalized spacial score (nSPS) is 25.9. The highest BCUT2D eigenvalue weighted by atomic mass is 16.7. The maximum Gasteiger partial charge on any atom is 0.302 e. The van der Waals surface area contributed by atoms with Crippen molar-refractivity contribution in [3.05, 3.63) is 113 Å². The summed E-state index contributed by atoms with van der Waals surface area (Å²) in [5, 5.41) is 0. The number of fused-ring (bicyclic) bond motifs is 3. The number of hydrogen-bond donors (Lipinski definition) is 0. The molecule has 6 rings (SSSR count). The molecule has 186 valence electrons. The van der Waals surface area contributed by atoms with Gasteiger partial charge in [-0.2, -0.15) is 0 Å². The van der Waals surface area contributed by atoms with Crippen molar-refractivity contribution in [3.63, 3.8) is 0 Å². The van der Waals surface area contributed by atoms with Gasteiger partial charge < -0.3 is 23.7 Å². The fourth-order valence-electron chi connectivity index (χ4n) is 4.58. The molecule has 3 aromatic carbocycles. The molecule has 0 aliphatic carbocycles. The lowest BCUT2D eigenvalue weighted by Gasteiger charge is -2.51. The number of benzene rings is 3. The predicted molar refractivity (Wildman–Crippen MR) is 135 cm³/mol. The van der Waals surface area contributed by atoms with Crippen LogP contribution in [-0.4, -0.2) is 43.1 Å². The summed E-state index contributed by atoms with van der Waals surface area (Å²) in [5.74, 6) is 0.321. The average molecular weight is 487 g/mol. The van der Waals surface area contributed by atoms with Gasteiger partial charge in [-0.15, -0.1) is 0 Å². The van der Waals surface area contributed by atoms with Gasteiger partial charge in [0.05, 0.1) is 13.2 Å². The fraction of sp³-hybridized carbons (Fsp3) is 0.300. The molecule has 0 amide bonds. The van der Waals surface area contributed by atoms with Crippen LogP contribution in [0.3, 0.4) is 0 Å². The summed E-state index contributed by atoms with van der Waals surface area (Å²) >= 11 is 0. The molecular weight excluding hydrogens is 456 g/mol. The van der Waals surface area contributed by atoms with E-state index in [4.69, 9.17) is 23.7 Å². The molecule has 2 bridgehead atoms. The van der Waals surface area contributed by atoms with Crippen molar-refractivity contribution in [2.75, 3.05) is 6.61 Å². The standard InChI is InChI=1S/C30H30O6/c1-21(31)32-20-26-28-30(34-19-24-15-9-4-10-16-24)29(33-18-23-13-7-3-8-14-23)27(36-26)25(35-28)17-22-11-5-2-6-12-22/h2-17,26-30H,18-20H2,1H3/b25-17-/t26-,27+,28+,29+,30+/m1/s1. The molecule has 3 heterocycles. The molecule has 6 nitrogen and oxygen atoms in total. The van der Waals surface area contributed by atoms with Crippen molar-refractivity contribution in [1.29, 1.82) is 0 Å². The van der Waals surface area contributed by atoms with Crippen molar-refractivity contribution in [1.82, 2.24) is 0 Å². The summed E-state index contributed by atoms with van der Waals surface area (Å²) in [4.78, 5) is 11.5. The Morgan fingerprint density at radius 1 is 0.806 bits per heavy atom. The lowest BCUT2D eigenvalue weighted by atomic mass is 9.89. The van der Waals surface area contributed by atoms with Crippen LogP contribution in [0.4, 0.5) is 0 Å². The summed E-state index contributed by atoms with van der Waals surface area (Å²) in [7, 11) is 0. The van der Waals surface area contributed by atoms with Crippen LogP contribution < -0.4 is 0 Å². The summed E-state index contributed by atoms with van der Waals surface area (Å²) in [5.41, 5.74) is 3.12. The quantitative estimate of drug-likeness (QED) is 0.400. The maximum absolute atomic E-state index is 11.5. The van der Waals surface area contributed by atoms with Gasteiger partial charge >= 0.3 is 5.97 Å². The van der Waals surface area contributed by atoms with Crippen LogP contribution in [0.1, 0.15) is 23.6 Å². The summed E-state index contributed by atoms with van der Waals surface area (Å²) < 4.78 is 31.1. The average Bonchev–Trinajstić information content (AvgIpc) is 2.92. The summed E-state index contributed by atoms with van der Waals surface area (Å²) in [6.07, 6.45) is -0.331. The number of rotatable bonds is 9. The van der Waals surface area contributed by atoms with Gasteiger partial charge in [-0.25, -0.2) is 0 Å². The first-order valence-electron chi connectivity index (χ1n) is 12.2. The van der Waals surface area contributed by atoms with Crippen LogP contribution in [0.15, 0.2) is 96.8 Å². The Morgan fingerprint density at radius 2 is 1.36 bits per heavy atom. The van der Waals surface area contributed by atoms with Crippen LogP contribution >= 0.6 is 0 Å². The highest BCUT2D eigenvalue weighted by Gasteiger charge is 2.55. The molecule has 3 saturated heterocycles. The third kappa shape index (κ3) is 5.85. The van der Waals surface area contributed by atoms with Crippen molar-refractivity contribution in [2.24, 2.45) is 0 Å². The maximum atomic E-state index is 11.5. The lowest BCUT2D eigenvalue weighted by Crippen LogP contribution is -2.66. The van der Waals surface area contributed by atoms with E-state index in [1.807, 2.05) is 97.1 Å². The van der Waals surface area contributed by atoms with Crippen LogP contribution in [-0.2, 0) is 41.7 Å². The predicted octanol–water partition coefficient (Wildman–Crippen LogP) is 4.93. The van der Waals surface area contributed by atoms with E-state index in [9.17, 15) is 4.79 Å². The Morgan fingerprint density at radius 3 is 1.94 bits per heavy atom. The molecule has 5 atom stereocenters. The molecule has 0 saturated carbocycles. The van der Waals surface area contributed by atoms with Gasteiger partial charge in [0, 0.05) is 6.92 Å². The topological polar surface area (TPSA) is 63.2 Å². The van der Waals surface area contributed by atoms with Gasteiger partial charge in [0.1, 0.15) is 36.8 Å². The largest absolute Gasteiger partial charge is 0.486 e. The monoisotopic (exact) mass is 486 g/mol. The zero-order valence-corrected chi connectivity index (χ0v) is 20.2. The summed E-state index contributed by atoms with van der Waals surface area (Å²) in [6, 6.07) is 30.0. The van der Waals surface area contributed by atoms with Gasteiger partial charge in [0.15, 0.2) is 6.10 Å². The number of hydrogen-bond acceptors (Lipinski definition) is 6. The summed E-state index contributed by atoms with van der Waals surface area (Å²) in [6.45, 7) is 2.29. The Bertz CT molecular complexity index is 1150. The first-order valence-corrected chi connectivity index (χ1v) is 12.2. The van der Waals surface area contributed by atoms with E-state index >= 15 is 0 Å². The molecular formula is C30H30O6. The molecule has 36 heavy (non-hydrogen) atoms. The van der Waals surface area contributed by atoms with E-state index in [1.165, 1.54) is 6.92 Å². The molecule has 0 radical (unpaired) electrons. The van der Waals surface area contributed by atoms with Crippen LogP contribution in [0.25, 0.3) is 6.08 Å². The van der Waals surface area contributed by atoms with Gasteiger partial charge in [-0.05, 0) is 22.8 Å². The fourth-order valence-corrected chi connectivity index (χ4v) is 4.58. The second-order valence-corrected chi connectivity index (χ2v) is 8.96. The van der Waals surface area contributed by atoms with Crippen LogP contribution in [0.2, 0.25) is 0 Å². The van der Waals surface area contributed by atoms with Gasteiger partial charge in [0.2, 0.25) is 0 Å². The minimum absolute atomic E-state index is 0.0890. The molecule has 3 aliphatic heterocycles. The highest BCUT2D eigenvalue weighted by Crippen LogP contribution is 2.40. The third-order valence-electron chi connectivity index (χ3n) is 6.32. The molecule has 0 spiro atoms. The minimum Gasteiger partial charge on any atom is -0.486 e. The second kappa shape index (κ2) is 11.5. The third-order valence-corrected chi connectivity index (χ3v) is 6.32. The molecule has 3 aromatic rings. The van der Waals surface area contributed by atoms with Crippen LogP contribution in [0.5, 0.6) is 0 Å². The Kier molecular flexibility index (Phi) is 7.76. The number of carbonyl (C=O) groups excluding carboxylic acids is 1. The zero-order chi connectivity index (χ0) is 24.7. The molecule has 0 N–H and O–H groups in total. The van der Waals surface area contributed by atoms with E-state index in [2.05, 4.69) is 0 Å². The van der Waals surface area contributed by atoms with E-state index in [-0.39, 0.29) is 12.6 Å². The molecule has 6 heteroatoms. The highest BCUT2D eigenvalue weighted by molar-refractivity contribution is 5.65. The second-order valence-electron chi connectivity index (χ2n) is 8.96. The number of ether oxygens (including phenoxy) is 5. The van der Waals surface area contributed by atoms with E-state index in [0.717, 1.165) is 16.7 Å². The number of esters is 1. The lowest BCUT2D eigenvalue weighted by molar-refractivity contribution is -0.296. The Balaban J connectivity index is 1.43. The molecule has 3 aliphatic rings. The van der Waals surface area contributed by atoms with Crippen molar-refractivity contribution in [3.8, 4) is 0 Å². The van der Waals surface area contributed by atoms with Crippen molar-refractivity contribution in [2.45, 2.75) is 50.7 Å². The van der Waals surface area contributed by atoms with Gasteiger partial charge in [-0.3, -0.25) is 4.79 Å². The smallest absolute Gasteiger partial charge is 0.302 e. The molecule has 3 fully saturated rings. The van der Waals surface area contributed by atoms with E-state index in [0.29, 0.717) is 19.0 Å². The van der Waals surface area contributed by atoms with Gasteiger partial charge in [0.25, 0.3) is 0 Å².